The Morgan fingerprint density at radius 1 is 1.00 bits per heavy atom. The van der Waals surface area contributed by atoms with E-state index < -0.39 is 0 Å². The molecule has 0 spiro atoms. The second-order valence-electron chi connectivity index (χ2n) is 2.24. The summed E-state index contributed by atoms with van der Waals surface area (Å²) in [6, 6.07) is 0. The zero-order chi connectivity index (χ0) is 10.1. The van der Waals surface area contributed by atoms with E-state index >= 15 is 0 Å². The van der Waals surface area contributed by atoms with Gasteiger partial charge in [-0.05, 0) is 0 Å². The Hall–Kier alpha value is -1.38. The van der Waals surface area contributed by atoms with Crippen molar-refractivity contribution in [2.75, 3.05) is 0 Å². The molecule has 0 aromatic rings. The van der Waals surface area contributed by atoms with E-state index in [1.165, 1.54) is 12.2 Å². The van der Waals surface area contributed by atoms with Crippen molar-refractivity contribution in [2.24, 2.45) is 0 Å². The van der Waals surface area contributed by atoms with Crippen LogP contribution in [0.1, 0.15) is 12.8 Å². The maximum atomic E-state index is 12.1. The van der Waals surface area contributed by atoms with Gasteiger partial charge >= 0.3 is 0 Å². The predicted molar refractivity (Wildman–Crippen MR) is 49.1 cm³/mol. The molecule has 0 heterocycles. The van der Waals surface area contributed by atoms with Gasteiger partial charge in [-0.2, -0.15) is 0 Å². The highest BCUT2D eigenvalue weighted by Crippen LogP contribution is 2.14. The average molecular weight is 186 g/mol. The van der Waals surface area contributed by atoms with Crippen LogP contribution >= 0.6 is 0 Å². The van der Waals surface area contributed by atoms with Crippen LogP contribution < -0.4 is 0 Å². The molecule has 0 bridgehead atoms. The summed E-state index contributed by atoms with van der Waals surface area (Å²) in [7, 11) is 0. The Labute approximate surface area is 76.7 Å². The summed E-state index contributed by atoms with van der Waals surface area (Å²) in [6.07, 6.45) is 3.96. The summed E-state index contributed by atoms with van der Waals surface area (Å²) in [5.74, 6) is 0.0569. The van der Waals surface area contributed by atoms with Crippen LogP contribution in [0.25, 0.3) is 0 Å². The fourth-order valence-corrected chi connectivity index (χ4v) is 0.670. The molecule has 0 amide bonds. The topological polar surface area (TPSA) is 9.23 Å². The zero-order valence-corrected chi connectivity index (χ0v) is 7.30. The molecule has 0 aliphatic rings. The lowest BCUT2D eigenvalue weighted by Gasteiger charge is -2.07. The minimum atomic E-state index is 0.0285. The van der Waals surface area contributed by atoms with E-state index in [4.69, 9.17) is 4.74 Å². The van der Waals surface area contributed by atoms with Crippen LogP contribution in [0, 0.1) is 0 Å². The maximum absolute atomic E-state index is 12.1. The third kappa shape index (κ3) is 4.95. The molecule has 0 fully saturated rings. The Morgan fingerprint density at radius 2 is 1.38 bits per heavy atom. The first kappa shape index (κ1) is 11.6. The fraction of sp³-hybridized carbons (Fsp3) is 0.200. The van der Waals surface area contributed by atoms with Crippen LogP contribution in [-0.2, 0) is 4.74 Å². The Morgan fingerprint density at radius 3 is 1.62 bits per heavy atom. The summed E-state index contributed by atoms with van der Waals surface area (Å²) in [5.41, 5.74) is 0. The van der Waals surface area contributed by atoms with Gasteiger partial charge in [-0.3, -0.25) is 0 Å². The van der Waals surface area contributed by atoms with Crippen molar-refractivity contribution in [1.82, 2.24) is 0 Å². The number of hydrogen-bond donors (Lipinski definition) is 0. The number of rotatable bonds is 6. The SMILES string of the molecule is C=CCC(=CF)OC(=CF)CC=C. The molecule has 0 aromatic heterocycles. The molecule has 0 aliphatic carbocycles. The maximum Gasteiger partial charge on any atom is 0.136 e. The monoisotopic (exact) mass is 186 g/mol. The Bertz CT molecular complexity index is 205. The molecule has 0 unspecified atom stereocenters. The van der Waals surface area contributed by atoms with Crippen LogP contribution in [0.3, 0.4) is 0 Å². The van der Waals surface area contributed by atoms with Crippen LogP contribution in [0.2, 0.25) is 0 Å². The van der Waals surface area contributed by atoms with E-state index in [0.29, 0.717) is 0 Å². The number of allylic oxidation sites excluding steroid dienone is 2. The van der Waals surface area contributed by atoms with Gasteiger partial charge in [0.15, 0.2) is 0 Å². The molecule has 0 N–H and O–H groups in total. The van der Waals surface area contributed by atoms with Gasteiger partial charge in [-0.15, -0.1) is 13.2 Å². The van der Waals surface area contributed by atoms with E-state index in [0.717, 1.165) is 0 Å². The van der Waals surface area contributed by atoms with Crippen molar-refractivity contribution < 1.29 is 13.5 Å². The van der Waals surface area contributed by atoms with Gasteiger partial charge in [0.05, 0.1) is 0 Å². The third-order valence-corrected chi connectivity index (χ3v) is 1.20. The second kappa shape index (κ2) is 7.28. The minimum Gasteiger partial charge on any atom is -0.461 e. The molecule has 0 aliphatic heterocycles. The van der Waals surface area contributed by atoms with Gasteiger partial charge in [-0.25, -0.2) is 8.78 Å². The molecule has 1 nitrogen and oxygen atoms in total. The van der Waals surface area contributed by atoms with Crippen LogP contribution in [0.4, 0.5) is 8.78 Å². The first-order chi connectivity index (χ1) is 6.28. The standard InChI is InChI=1S/C10H12F2O/c1-3-5-9(7-11)13-10(8-12)6-4-2/h3-4,7-8H,1-2,5-6H2. The Kier molecular flexibility index (Phi) is 6.51. The highest BCUT2D eigenvalue weighted by molar-refractivity contribution is 5.03. The molecular formula is C10H12F2O. The number of halogens is 2. The van der Waals surface area contributed by atoms with Crippen LogP contribution in [-0.4, -0.2) is 0 Å². The van der Waals surface area contributed by atoms with Gasteiger partial charge < -0.3 is 4.74 Å². The molecule has 0 radical (unpaired) electrons. The summed E-state index contributed by atoms with van der Waals surface area (Å²) >= 11 is 0. The van der Waals surface area contributed by atoms with Crippen molar-refractivity contribution in [3.63, 3.8) is 0 Å². The molecule has 0 aromatic carbocycles. The fourth-order valence-electron chi connectivity index (χ4n) is 0.670. The lowest BCUT2D eigenvalue weighted by Crippen LogP contribution is -1.90. The summed E-state index contributed by atoms with van der Waals surface area (Å²) in [4.78, 5) is 0. The molecule has 72 valence electrons. The summed E-state index contributed by atoms with van der Waals surface area (Å²) in [5, 5.41) is 0. The van der Waals surface area contributed by atoms with E-state index in [1.54, 1.807) is 0 Å². The third-order valence-electron chi connectivity index (χ3n) is 1.20. The van der Waals surface area contributed by atoms with E-state index in [9.17, 15) is 8.78 Å². The first-order valence-electron chi connectivity index (χ1n) is 3.76. The van der Waals surface area contributed by atoms with Crippen LogP contribution in [0.5, 0.6) is 0 Å². The highest BCUT2D eigenvalue weighted by atomic mass is 19.1. The lowest BCUT2D eigenvalue weighted by atomic mass is 10.3. The van der Waals surface area contributed by atoms with Gasteiger partial charge in [0.25, 0.3) is 0 Å². The molecule has 0 rings (SSSR count). The average Bonchev–Trinajstić information content (AvgIpc) is 2.16. The van der Waals surface area contributed by atoms with E-state index in [2.05, 4.69) is 13.2 Å². The van der Waals surface area contributed by atoms with Crippen molar-refractivity contribution in [3.8, 4) is 0 Å². The summed E-state index contributed by atoms with van der Waals surface area (Å²) < 4.78 is 29.0. The number of hydrogen-bond acceptors (Lipinski definition) is 1. The van der Waals surface area contributed by atoms with E-state index in [-0.39, 0.29) is 37.0 Å². The normalized spacial score (nSPS) is 12.5. The minimum absolute atomic E-state index is 0.0285. The summed E-state index contributed by atoms with van der Waals surface area (Å²) in [6.45, 7) is 6.81. The quantitative estimate of drug-likeness (QED) is 0.453. The molecule has 3 heteroatoms. The predicted octanol–water partition coefficient (Wildman–Crippen LogP) is 3.78. The van der Waals surface area contributed by atoms with Crippen molar-refractivity contribution >= 4 is 0 Å². The highest BCUT2D eigenvalue weighted by Gasteiger charge is 2.01. The number of ether oxygens (including phenoxy) is 1. The Balaban J connectivity index is 4.20. The lowest BCUT2D eigenvalue weighted by molar-refractivity contribution is 0.275. The van der Waals surface area contributed by atoms with Gasteiger partial charge in [0.1, 0.15) is 24.2 Å². The molecule has 0 saturated carbocycles. The molecule has 13 heavy (non-hydrogen) atoms. The smallest absolute Gasteiger partial charge is 0.136 e. The second-order valence-corrected chi connectivity index (χ2v) is 2.24. The van der Waals surface area contributed by atoms with Gasteiger partial charge in [0, 0.05) is 12.8 Å². The van der Waals surface area contributed by atoms with Gasteiger partial charge in [0.2, 0.25) is 0 Å². The molecule has 0 saturated heterocycles. The molecular weight excluding hydrogens is 174 g/mol. The van der Waals surface area contributed by atoms with E-state index in [1.807, 2.05) is 0 Å². The van der Waals surface area contributed by atoms with Gasteiger partial charge in [-0.1, -0.05) is 12.2 Å². The zero-order valence-electron chi connectivity index (χ0n) is 7.30. The van der Waals surface area contributed by atoms with Crippen LogP contribution in [0.15, 0.2) is 49.5 Å². The van der Waals surface area contributed by atoms with Crippen molar-refractivity contribution in [3.05, 3.63) is 49.5 Å². The molecule has 0 atom stereocenters. The van der Waals surface area contributed by atoms with Crippen molar-refractivity contribution in [2.45, 2.75) is 12.8 Å². The largest absolute Gasteiger partial charge is 0.461 e. The first-order valence-corrected chi connectivity index (χ1v) is 3.76. The van der Waals surface area contributed by atoms with Crippen molar-refractivity contribution in [1.29, 1.82) is 0 Å².